The second-order valence-corrected chi connectivity index (χ2v) is 7.11. The van der Waals surface area contributed by atoms with E-state index in [4.69, 9.17) is 9.47 Å². The largest absolute Gasteiger partial charge is 0.494 e. The van der Waals surface area contributed by atoms with Gasteiger partial charge in [-0.15, -0.1) is 0 Å². The predicted molar refractivity (Wildman–Crippen MR) is 128 cm³/mol. The average molecular weight is 413 g/mol. The summed E-state index contributed by atoms with van der Waals surface area (Å²) in [5.74, 6) is 1.72. The van der Waals surface area contributed by atoms with Gasteiger partial charge in [-0.1, -0.05) is 72.8 Å². The Morgan fingerprint density at radius 1 is 0.710 bits per heavy atom. The molecule has 0 amide bonds. The van der Waals surface area contributed by atoms with Crippen molar-refractivity contribution in [1.82, 2.24) is 0 Å². The van der Waals surface area contributed by atoms with E-state index in [1.807, 2.05) is 85.8 Å². The highest BCUT2D eigenvalue weighted by atomic mass is 16.5. The molecule has 0 atom stereocenters. The van der Waals surface area contributed by atoms with Gasteiger partial charge in [-0.25, -0.2) is 0 Å². The van der Waals surface area contributed by atoms with Crippen LogP contribution in [0, 0.1) is 0 Å². The fraction of sp³-hybridized carbons (Fsp3) is 0.179. The zero-order chi connectivity index (χ0) is 21.7. The molecule has 158 valence electrons. The standard InChI is InChI=1S/C28H28O3/c1-2-8-23-11-16-26(17-12-23)30-21-6-7-22-31-27-18-13-24(14-19-27)15-20-28(29)25-9-4-3-5-10-25/h2-5,8-20H,6-7,21-22H2,1H3/b8-2?,20-15+. The molecule has 0 bridgehead atoms. The smallest absolute Gasteiger partial charge is 0.185 e. The summed E-state index contributed by atoms with van der Waals surface area (Å²) in [5.41, 5.74) is 2.83. The van der Waals surface area contributed by atoms with Crippen molar-refractivity contribution in [3.05, 3.63) is 108 Å². The molecule has 0 fully saturated rings. The van der Waals surface area contributed by atoms with Gasteiger partial charge in [0.25, 0.3) is 0 Å². The van der Waals surface area contributed by atoms with Gasteiger partial charge in [0.2, 0.25) is 0 Å². The fourth-order valence-corrected chi connectivity index (χ4v) is 3.00. The lowest BCUT2D eigenvalue weighted by Gasteiger charge is -2.08. The Morgan fingerprint density at radius 2 is 1.23 bits per heavy atom. The Balaban J connectivity index is 1.34. The Kier molecular flexibility index (Phi) is 8.69. The number of carbonyl (C=O) groups is 1. The molecule has 0 saturated heterocycles. The molecule has 0 aliphatic carbocycles. The third kappa shape index (κ3) is 7.63. The lowest BCUT2D eigenvalue weighted by atomic mass is 10.1. The average Bonchev–Trinajstić information content (AvgIpc) is 2.82. The van der Waals surface area contributed by atoms with E-state index in [2.05, 4.69) is 18.2 Å². The molecule has 3 aromatic carbocycles. The van der Waals surface area contributed by atoms with Gasteiger partial charge >= 0.3 is 0 Å². The molecule has 3 rings (SSSR count). The van der Waals surface area contributed by atoms with E-state index in [1.54, 1.807) is 6.08 Å². The van der Waals surface area contributed by atoms with Gasteiger partial charge in [0.05, 0.1) is 13.2 Å². The van der Waals surface area contributed by atoms with Crippen LogP contribution in [0.25, 0.3) is 12.2 Å². The van der Waals surface area contributed by atoms with Crippen molar-refractivity contribution in [2.45, 2.75) is 19.8 Å². The minimum absolute atomic E-state index is 0.00288. The van der Waals surface area contributed by atoms with E-state index in [0.717, 1.165) is 29.9 Å². The van der Waals surface area contributed by atoms with Crippen LogP contribution in [0.4, 0.5) is 0 Å². The van der Waals surface area contributed by atoms with Crippen LogP contribution in [-0.2, 0) is 0 Å². The number of hydrogen-bond donors (Lipinski definition) is 0. The Hall–Kier alpha value is -3.59. The molecule has 0 heterocycles. The van der Waals surface area contributed by atoms with Crippen molar-refractivity contribution in [3.63, 3.8) is 0 Å². The molecule has 31 heavy (non-hydrogen) atoms. The monoisotopic (exact) mass is 412 g/mol. The van der Waals surface area contributed by atoms with Gasteiger partial charge in [-0.05, 0) is 61.2 Å². The number of rotatable bonds is 11. The molecule has 3 nitrogen and oxygen atoms in total. The third-order valence-corrected chi connectivity index (χ3v) is 4.68. The maximum atomic E-state index is 12.1. The van der Waals surface area contributed by atoms with Crippen molar-refractivity contribution >= 4 is 17.9 Å². The predicted octanol–water partition coefficient (Wildman–Crippen LogP) is 6.85. The molecule has 0 aliphatic rings. The number of unbranched alkanes of at least 4 members (excludes halogenated alkanes) is 1. The normalized spacial score (nSPS) is 11.1. The zero-order valence-electron chi connectivity index (χ0n) is 17.9. The minimum Gasteiger partial charge on any atom is -0.494 e. The minimum atomic E-state index is -0.00288. The molecule has 0 aromatic heterocycles. The van der Waals surface area contributed by atoms with E-state index in [9.17, 15) is 4.79 Å². The zero-order valence-corrected chi connectivity index (χ0v) is 17.9. The maximum Gasteiger partial charge on any atom is 0.185 e. The highest BCUT2D eigenvalue weighted by Gasteiger charge is 2.00. The summed E-state index contributed by atoms with van der Waals surface area (Å²) in [6.45, 7) is 3.32. The van der Waals surface area contributed by atoms with Crippen LogP contribution in [0.3, 0.4) is 0 Å². The van der Waals surface area contributed by atoms with Crippen molar-refractivity contribution in [2.75, 3.05) is 13.2 Å². The van der Waals surface area contributed by atoms with Crippen molar-refractivity contribution in [3.8, 4) is 11.5 Å². The van der Waals surface area contributed by atoms with Gasteiger partial charge in [0.15, 0.2) is 5.78 Å². The summed E-state index contributed by atoms with van der Waals surface area (Å²) in [5, 5.41) is 0. The van der Waals surface area contributed by atoms with Gasteiger partial charge in [-0.3, -0.25) is 4.79 Å². The summed E-state index contributed by atoms with van der Waals surface area (Å²) >= 11 is 0. The lowest BCUT2D eigenvalue weighted by molar-refractivity contribution is 0.104. The van der Waals surface area contributed by atoms with Crippen molar-refractivity contribution in [2.24, 2.45) is 0 Å². The SMILES string of the molecule is CC=Cc1ccc(OCCCCOc2ccc(/C=C/C(=O)c3ccccc3)cc2)cc1. The summed E-state index contributed by atoms with van der Waals surface area (Å²) in [6, 6.07) is 25.1. The van der Waals surface area contributed by atoms with Crippen LogP contribution in [0.5, 0.6) is 11.5 Å². The Bertz CT molecular complexity index is 985. The first-order valence-corrected chi connectivity index (χ1v) is 10.6. The molecule has 0 spiro atoms. The first kappa shape index (κ1) is 22.1. The lowest BCUT2D eigenvalue weighted by Crippen LogP contribution is -2.02. The fourth-order valence-electron chi connectivity index (χ4n) is 3.00. The summed E-state index contributed by atoms with van der Waals surface area (Å²) in [4.78, 5) is 12.1. The highest BCUT2D eigenvalue weighted by Crippen LogP contribution is 2.15. The second kappa shape index (κ2) is 12.2. The second-order valence-electron chi connectivity index (χ2n) is 7.11. The van der Waals surface area contributed by atoms with Crippen LogP contribution < -0.4 is 9.47 Å². The summed E-state index contributed by atoms with van der Waals surface area (Å²) in [7, 11) is 0. The number of benzene rings is 3. The number of allylic oxidation sites excluding steroid dienone is 2. The Labute approximate surface area is 184 Å². The maximum absolute atomic E-state index is 12.1. The molecule has 3 heteroatoms. The summed E-state index contributed by atoms with van der Waals surface area (Å²) in [6.07, 6.45) is 9.35. The molecule has 0 saturated carbocycles. The van der Waals surface area contributed by atoms with E-state index >= 15 is 0 Å². The van der Waals surface area contributed by atoms with Crippen LogP contribution >= 0.6 is 0 Å². The number of hydrogen-bond acceptors (Lipinski definition) is 3. The first-order chi connectivity index (χ1) is 15.2. The van der Waals surface area contributed by atoms with Gasteiger partial charge in [-0.2, -0.15) is 0 Å². The molecular formula is C28H28O3. The van der Waals surface area contributed by atoms with Crippen molar-refractivity contribution in [1.29, 1.82) is 0 Å². The molecule has 0 N–H and O–H groups in total. The van der Waals surface area contributed by atoms with Crippen LogP contribution in [0.2, 0.25) is 0 Å². The quantitative estimate of drug-likeness (QED) is 0.196. The topological polar surface area (TPSA) is 35.5 Å². The molecule has 3 aromatic rings. The van der Waals surface area contributed by atoms with Crippen LogP contribution in [-0.4, -0.2) is 19.0 Å². The van der Waals surface area contributed by atoms with Gasteiger partial charge in [0.1, 0.15) is 11.5 Å². The van der Waals surface area contributed by atoms with E-state index < -0.39 is 0 Å². The van der Waals surface area contributed by atoms with E-state index in [1.165, 1.54) is 5.56 Å². The molecule has 0 aliphatic heterocycles. The van der Waals surface area contributed by atoms with E-state index in [0.29, 0.717) is 18.8 Å². The van der Waals surface area contributed by atoms with Crippen LogP contribution in [0.1, 0.15) is 41.3 Å². The van der Waals surface area contributed by atoms with Crippen LogP contribution in [0.15, 0.2) is 91.0 Å². The van der Waals surface area contributed by atoms with Gasteiger partial charge < -0.3 is 9.47 Å². The highest BCUT2D eigenvalue weighted by molar-refractivity contribution is 6.06. The molecule has 0 unspecified atom stereocenters. The number of ketones is 1. The molecule has 0 radical (unpaired) electrons. The van der Waals surface area contributed by atoms with Gasteiger partial charge in [0, 0.05) is 5.56 Å². The molecular weight excluding hydrogens is 384 g/mol. The summed E-state index contributed by atoms with van der Waals surface area (Å²) < 4.78 is 11.6. The number of ether oxygens (including phenoxy) is 2. The third-order valence-electron chi connectivity index (χ3n) is 4.68. The number of carbonyl (C=O) groups excluding carboxylic acids is 1. The van der Waals surface area contributed by atoms with E-state index in [-0.39, 0.29) is 5.78 Å². The Morgan fingerprint density at radius 3 is 1.74 bits per heavy atom. The first-order valence-electron chi connectivity index (χ1n) is 10.6. The van der Waals surface area contributed by atoms with Crippen molar-refractivity contribution < 1.29 is 14.3 Å².